The summed E-state index contributed by atoms with van der Waals surface area (Å²) < 4.78 is 0. The fourth-order valence-electron chi connectivity index (χ4n) is 4.26. The lowest BCUT2D eigenvalue weighted by Gasteiger charge is -2.13. The van der Waals surface area contributed by atoms with Crippen LogP contribution in [0.1, 0.15) is 10.4 Å². The number of hydrogen-bond donors (Lipinski definition) is 0. The molecule has 6 aromatic rings. The van der Waals surface area contributed by atoms with Crippen LogP contribution < -0.4 is 0 Å². The summed E-state index contributed by atoms with van der Waals surface area (Å²) >= 11 is 0. The number of carbonyl (C=O) groups excluding carboxylic acids is 1. The molecule has 0 radical (unpaired) electrons. The van der Waals surface area contributed by atoms with Crippen molar-refractivity contribution in [1.82, 2.24) is 4.98 Å². The van der Waals surface area contributed by atoms with E-state index in [2.05, 4.69) is 54.6 Å². The summed E-state index contributed by atoms with van der Waals surface area (Å²) in [7, 11) is 0. The molecule has 0 fully saturated rings. The Balaban J connectivity index is 1.91. The molecule has 1 aromatic heterocycles. The Kier molecular flexibility index (Phi) is 2.52. The Morgan fingerprint density at radius 2 is 1.38 bits per heavy atom. The molecule has 6 rings (SSSR count). The average molecular weight is 331 g/mol. The third-order valence-corrected chi connectivity index (χ3v) is 5.42. The maximum Gasteiger partial charge on any atom is 0.152 e. The molecular formula is C24H13NO. The van der Waals surface area contributed by atoms with Gasteiger partial charge in [0.15, 0.2) is 6.29 Å². The highest BCUT2D eigenvalue weighted by molar-refractivity contribution is 6.29. The number of benzene rings is 5. The van der Waals surface area contributed by atoms with Crippen LogP contribution in [0.5, 0.6) is 0 Å². The zero-order valence-electron chi connectivity index (χ0n) is 13.9. The van der Waals surface area contributed by atoms with Gasteiger partial charge in [-0.15, -0.1) is 0 Å². The van der Waals surface area contributed by atoms with Crippen molar-refractivity contribution in [2.24, 2.45) is 0 Å². The minimum absolute atomic E-state index is 0.634. The van der Waals surface area contributed by atoms with Gasteiger partial charge in [0.25, 0.3) is 0 Å². The topological polar surface area (TPSA) is 30.0 Å². The van der Waals surface area contributed by atoms with Crippen molar-refractivity contribution >= 4 is 60.4 Å². The molecule has 0 aliphatic carbocycles. The first-order valence-electron chi connectivity index (χ1n) is 8.69. The number of fused-ring (bicyclic) bond motifs is 3. The summed E-state index contributed by atoms with van der Waals surface area (Å²) in [6, 6.07) is 25.2. The van der Waals surface area contributed by atoms with Crippen LogP contribution in [0.3, 0.4) is 0 Å². The maximum absolute atomic E-state index is 11.4. The quantitative estimate of drug-likeness (QED) is 0.207. The minimum atomic E-state index is 0.634. The molecule has 0 aliphatic rings. The lowest BCUT2D eigenvalue weighted by molar-refractivity contribution is 0.112. The van der Waals surface area contributed by atoms with Crippen molar-refractivity contribution in [3.8, 4) is 0 Å². The molecule has 1 heterocycles. The van der Waals surface area contributed by atoms with Crippen molar-refractivity contribution in [2.45, 2.75) is 0 Å². The molecule has 0 amide bonds. The Morgan fingerprint density at radius 3 is 2.23 bits per heavy atom. The van der Waals surface area contributed by atoms with Gasteiger partial charge in [-0.25, -0.2) is 4.98 Å². The number of aldehydes is 1. The number of nitrogens with zero attached hydrogens (tertiary/aromatic N) is 1. The van der Waals surface area contributed by atoms with Crippen LogP contribution in [0.25, 0.3) is 54.1 Å². The summed E-state index contributed by atoms with van der Waals surface area (Å²) in [4.78, 5) is 16.2. The van der Waals surface area contributed by atoms with Crippen LogP contribution in [0.15, 0.2) is 72.8 Å². The van der Waals surface area contributed by atoms with Crippen LogP contribution in [0.4, 0.5) is 0 Å². The monoisotopic (exact) mass is 331 g/mol. The first-order valence-corrected chi connectivity index (χ1v) is 8.69. The lowest BCUT2D eigenvalue weighted by atomic mass is 9.92. The van der Waals surface area contributed by atoms with E-state index in [-0.39, 0.29) is 0 Å². The Bertz CT molecular complexity index is 1480. The van der Waals surface area contributed by atoms with Crippen LogP contribution >= 0.6 is 0 Å². The second-order valence-electron chi connectivity index (χ2n) is 6.82. The fourth-order valence-corrected chi connectivity index (χ4v) is 4.26. The molecule has 120 valence electrons. The molecule has 0 N–H and O–H groups in total. The van der Waals surface area contributed by atoms with E-state index >= 15 is 0 Å². The highest BCUT2D eigenvalue weighted by atomic mass is 16.1. The summed E-state index contributed by atoms with van der Waals surface area (Å²) in [6.07, 6.45) is 0.881. The predicted octanol–water partition coefficient (Wildman–Crippen LogP) is 6.10. The van der Waals surface area contributed by atoms with E-state index in [1.54, 1.807) is 0 Å². The van der Waals surface area contributed by atoms with E-state index in [1.165, 1.54) is 32.3 Å². The highest BCUT2D eigenvalue weighted by Crippen LogP contribution is 2.38. The molecule has 0 bridgehead atoms. The van der Waals surface area contributed by atoms with Crippen LogP contribution in [0, 0.1) is 0 Å². The van der Waals surface area contributed by atoms with Crippen LogP contribution in [-0.2, 0) is 0 Å². The van der Waals surface area contributed by atoms with Crippen LogP contribution in [-0.4, -0.2) is 11.3 Å². The number of rotatable bonds is 1. The minimum Gasteiger partial charge on any atom is -0.298 e. The third kappa shape index (κ3) is 1.66. The van der Waals surface area contributed by atoms with Gasteiger partial charge in [-0.2, -0.15) is 0 Å². The fraction of sp³-hybridized carbons (Fsp3) is 0. The van der Waals surface area contributed by atoms with E-state index in [0.717, 1.165) is 28.1 Å². The molecule has 0 unspecified atom stereocenters. The van der Waals surface area contributed by atoms with E-state index in [1.807, 2.05) is 18.2 Å². The molecule has 0 spiro atoms. The predicted molar refractivity (Wildman–Crippen MR) is 108 cm³/mol. The third-order valence-electron chi connectivity index (χ3n) is 5.42. The first kappa shape index (κ1) is 13.7. The van der Waals surface area contributed by atoms with Gasteiger partial charge in [-0.05, 0) is 50.5 Å². The van der Waals surface area contributed by atoms with Gasteiger partial charge in [0.05, 0.1) is 11.0 Å². The molecule has 0 saturated heterocycles. The Hall–Kier alpha value is -3.52. The number of aromatic nitrogens is 1. The summed E-state index contributed by atoms with van der Waals surface area (Å²) in [5.41, 5.74) is 2.33. The first-order chi connectivity index (χ1) is 12.8. The standard InChI is InChI=1S/C24H13NO/c26-13-18-6-2-5-17-11-20-19-10-9-15-4-1-3-14-7-8-16(23(19)22(14)15)12-21(20)25-24(17)18/h1-13H. The Morgan fingerprint density at radius 1 is 0.654 bits per heavy atom. The van der Waals surface area contributed by atoms with Gasteiger partial charge in [-0.3, -0.25) is 4.79 Å². The van der Waals surface area contributed by atoms with Gasteiger partial charge in [0, 0.05) is 16.3 Å². The number of para-hydroxylation sites is 1. The molecule has 26 heavy (non-hydrogen) atoms. The second kappa shape index (κ2) is 4.77. The van der Waals surface area contributed by atoms with Crippen molar-refractivity contribution in [2.75, 3.05) is 0 Å². The summed E-state index contributed by atoms with van der Waals surface area (Å²) in [5.74, 6) is 0. The smallest absolute Gasteiger partial charge is 0.152 e. The maximum atomic E-state index is 11.4. The normalized spacial score (nSPS) is 12.0. The SMILES string of the molecule is O=Cc1cccc2cc3c(cc4ccc5cccc6ccc3c4c56)nc12. The molecule has 0 atom stereocenters. The van der Waals surface area contributed by atoms with Gasteiger partial charge >= 0.3 is 0 Å². The van der Waals surface area contributed by atoms with Crippen molar-refractivity contribution in [3.05, 3.63) is 78.4 Å². The van der Waals surface area contributed by atoms with E-state index in [9.17, 15) is 4.79 Å². The largest absolute Gasteiger partial charge is 0.298 e. The van der Waals surface area contributed by atoms with E-state index in [4.69, 9.17) is 4.98 Å². The Labute approximate surface area is 149 Å². The van der Waals surface area contributed by atoms with Crippen molar-refractivity contribution in [3.63, 3.8) is 0 Å². The molecule has 0 saturated carbocycles. The lowest BCUT2D eigenvalue weighted by Crippen LogP contribution is -1.91. The summed E-state index contributed by atoms with van der Waals surface area (Å²) in [5, 5.41) is 9.66. The van der Waals surface area contributed by atoms with Gasteiger partial charge < -0.3 is 0 Å². The molecular weight excluding hydrogens is 318 g/mol. The number of carbonyl (C=O) groups is 1. The molecule has 2 nitrogen and oxygen atoms in total. The average Bonchev–Trinajstić information content (AvgIpc) is 2.69. The number of pyridine rings is 1. The second-order valence-corrected chi connectivity index (χ2v) is 6.82. The molecule has 0 aliphatic heterocycles. The van der Waals surface area contributed by atoms with E-state index < -0.39 is 0 Å². The van der Waals surface area contributed by atoms with Gasteiger partial charge in [0.2, 0.25) is 0 Å². The molecule has 5 aromatic carbocycles. The van der Waals surface area contributed by atoms with Gasteiger partial charge in [0.1, 0.15) is 0 Å². The number of hydrogen-bond acceptors (Lipinski definition) is 2. The zero-order chi connectivity index (χ0) is 17.3. The summed E-state index contributed by atoms with van der Waals surface area (Å²) in [6.45, 7) is 0. The molecule has 2 heteroatoms. The van der Waals surface area contributed by atoms with Crippen molar-refractivity contribution < 1.29 is 4.79 Å². The van der Waals surface area contributed by atoms with Crippen molar-refractivity contribution in [1.29, 1.82) is 0 Å². The zero-order valence-corrected chi connectivity index (χ0v) is 13.9. The van der Waals surface area contributed by atoms with Gasteiger partial charge in [-0.1, -0.05) is 54.6 Å². The van der Waals surface area contributed by atoms with E-state index in [0.29, 0.717) is 5.56 Å². The van der Waals surface area contributed by atoms with Crippen LogP contribution in [0.2, 0.25) is 0 Å². The highest BCUT2D eigenvalue weighted by Gasteiger charge is 2.13.